The summed E-state index contributed by atoms with van der Waals surface area (Å²) in [5, 5.41) is 3.10. The minimum Gasteiger partial charge on any atom is -0.416 e. The van der Waals surface area contributed by atoms with Crippen LogP contribution in [-0.4, -0.2) is 90.6 Å². The first-order valence-corrected chi connectivity index (χ1v) is 42.9. The molecule has 1 amide bonds. The molecule has 0 aromatic heterocycles. The lowest BCUT2D eigenvalue weighted by Gasteiger charge is -2.43. The van der Waals surface area contributed by atoms with Crippen molar-refractivity contribution >= 4 is 120 Å². The second-order valence-electron chi connectivity index (χ2n) is 26.2. The van der Waals surface area contributed by atoms with E-state index in [1.807, 2.05) is 48.5 Å². The summed E-state index contributed by atoms with van der Waals surface area (Å²) in [7, 11) is -2.51. The van der Waals surface area contributed by atoms with Gasteiger partial charge in [0.25, 0.3) is 0 Å². The van der Waals surface area contributed by atoms with E-state index < -0.39 is 33.3 Å². The Bertz CT molecular complexity index is 2360. The molecule has 0 heterocycles. The third-order valence-corrected chi connectivity index (χ3v) is 36.5. The van der Waals surface area contributed by atoms with Crippen LogP contribution in [0.2, 0.25) is 82.6 Å². The molecule has 18 heteroatoms. The predicted octanol–water partition coefficient (Wildman–Crippen LogP) is 18.2. The molecule has 2 rings (SSSR count). The van der Waals surface area contributed by atoms with Crippen LogP contribution in [0.1, 0.15) is 141 Å². The number of carbonyl (C=O) groups is 2. The SMILES string of the molecule is C.C#CCC(C/C=C/c1ccccc1Cl)(CO[Si](C)(C)C(C)(C)C)CO[Si](C)(C)C(C)(C)C.CC(=O)C#CCC(C/C=C/c1ccccc1Cl)(CO[Si](C)(C)C(C)(C)C)CO[Si](C)(C)C(C)(C)C.CON(C)C(C)=O.S=S=S=S. The molecule has 2 aromatic rings. The van der Waals surface area contributed by atoms with Crippen molar-refractivity contribution in [1.29, 1.82) is 0 Å². The average Bonchev–Trinajstić information content (AvgIpc) is 3.31. The van der Waals surface area contributed by atoms with Crippen molar-refractivity contribution in [2.45, 2.75) is 203 Å². The molecule has 0 radical (unpaired) electrons. The van der Waals surface area contributed by atoms with Gasteiger partial charge in [0.15, 0.2) is 33.3 Å². The molecule has 0 atom stereocenters. The number of terminal acetylenes is 1. The van der Waals surface area contributed by atoms with Gasteiger partial charge in [-0.1, -0.05) is 180 Å². The fourth-order valence-electron chi connectivity index (χ4n) is 5.66. The fraction of sp³-hybridized carbons (Fsp3) is 0.639. The van der Waals surface area contributed by atoms with Crippen molar-refractivity contribution in [2.24, 2.45) is 10.8 Å². The molecule has 0 saturated carbocycles. The molecule has 0 N–H and O–H groups in total. The summed E-state index contributed by atoms with van der Waals surface area (Å²) in [5.74, 6) is 8.61. The van der Waals surface area contributed by atoms with Crippen molar-refractivity contribution in [1.82, 2.24) is 5.06 Å². The molecular weight excluding hydrogens is 1170 g/mol. The van der Waals surface area contributed by atoms with E-state index in [1.165, 1.54) is 38.7 Å². The van der Waals surface area contributed by atoms with Crippen LogP contribution >= 0.6 is 23.2 Å². The zero-order valence-corrected chi connectivity index (χ0v) is 61.1. The highest BCUT2D eigenvalue weighted by Gasteiger charge is 2.45. The minimum absolute atomic E-state index is 0. The summed E-state index contributed by atoms with van der Waals surface area (Å²) in [4.78, 5) is 26.3. The van der Waals surface area contributed by atoms with Gasteiger partial charge < -0.3 is 17.7 Å². The maximum Gasteiger partial charge on any atom is 0.242 e. The lowest BCUT2D eigenvalue weighted by atomic mass is 9.82. The molecule has 2 aromatic carbocycles. The highest BCUT2D eigenvalue weighted by Crippen LogP contribution is 2.44. The Kier molecular flexibility index (Phi) is 37.4. The smallest absolute Gasteiger partial charge is 0.242 e. The number of Topliss-reactive ketones (excluding diaryl/α,β-unsaturated/α-hetero) is 1. The van der Waals surface area contributed by atoms with Gasteiger partial charge in [0, 0.05) is 121 Å². The van der Waals surface area contributed by atoms with Crippen LogP contribution < -0.4 is 0 Å². The lowest BCUT2D eigenvalue weighted by Crippen LogP contribution is -2.48. The Hall–Kier alpha value is -1.69. The van der Waals surface area contributed by atoms with Gasteiger partial charge in [0.2, 0.25) is 11.7 Å². The van der Waals surface area contributed by atoms with Crippen LogP contribution in [0.5, 0.6) is 0 Å². The molecule has 0 bridgehead atoms. The van der Waals surface area contributed by atoms with E-state index in [9.17, 15) is 9.59 Å². The van der Waals surface area contributed by atoms with E-state index in [0.29, 0.717) is 45.7 Å². The van der Waals surface area contributed by atoms with Crippen LogP contribution in [0.15, 0.2) is 60.7 Å². The molecule has 79 heavy (non-hydrogen) atoms. The molecule has 0 aliphatic carbocycles. The molecule has 0 unspecified atom stereocenters. The van der Waals surface area contributed by atoms with Crippen molar-refractivity contribution in [3.05, 3.63) is 81.9 Å². The van der Waals surface area contributed by atoms with E-state index in [2.05, 4.69) is 205 Å². The summed E-state index contributed by atoms with van der Waals surface area (Å²) < 4.78 is 26.9. The van der Waals surface area contributed by atoms with Crippen LogP contribution in [0.3, 0.4) is 0 Å². The standard InChI is InChI=1S/C29H47ClO3Si2.C27H45ClO2Si2.C4H9NO2.CH4.S4/c1-24(31)16-14-20-29(22-32-34(8,9)27(2,3)4,23-33-35(10,11)28(5,6)7)21-15-18-25-17-12-13-19-26(25)30;1-12-19-27(21-29-31(8,9)25(2,3)4,22-30-32(10,11)26(5,6)7)20-15-17-23-16-13-14-18-24(23)28;1-4(6)5(2)7-3;;1-3-4-2/h12-13,15,17-19H,20-23H2,1-11H3;1,13-18H,19-22H2,2-11H3;1-3H3;1H4;/b18-15+;17-15+;;;. The van der Waals surface area contributed by atoms with E-state index in [4.69, 9.17) is 47.3 Å². The van der Waals surface area contributed by atoms with Crippen LogP contribution in [0.4, 0.5) is 0 Å². The van der Waals surface area contributed by atoms with E-state index in [0.717, 1.165) is 32.7 Å². The van der Waals surface area contributed by atoms with Crippen LogP contribution in [-0.2, 0) is 72.3 Å². The topological polar surface area (TPSA) is 83.5 Å². The third-order valence-electron chi connectivity index (χ3n) is 15.6. The van der Waals surface area contributed by atoms with Crippen LogP contribution in [0.25, 0.3) is 12.2 Å². The second-order valence-corrected chi connectivity index (χ2v) is 49.8. The monoisotopic (exact) mass is 1270 g/mol. The maximum atomic E-state index is 11.6. The number of hydroxylamine groups is 2. The Balaban J connectivity index is -0.00000122. The number of ketones is 1. The number of allylic oxidation sites excluding steroid dienone is 2. The molecule has 8 nitrogen and oxygen atoms in total. The summed E-state index contributed by atoms with van der Waals surface area (Å²) >= 11 is 21.4. The molecule has 0 saturated heterocycles. The van der Waals surface area contributed by atoms with Gasteiger partial charge in [-0.05, 0) is 115 Å². The zero-order valence-electron chi connectivity index (χ0n) is 52.4. The second kappa shape index (κ2) is 36.2. The molecule has 0 fully saturated rings. The number of hydrogen-bond acceptors (Lipinski definition) is 9. The largest absolute Gasteiger partial charge is 0.416 e. The van der Waals surface area contributed by atoms with Gasteiger partial charge in [-0.15, -0.1) is 12.3 Å². The minimum atomic E-state index is -2.00. The van der Waals surface area contributed by atoms with E-state index in [-0.39, 0.29) is 50.1 Å². The number of carbonyl (C=O) groups excluding carboxylic acids is 2. The van der Waals surface area contributed by atoms with Gasteiger partial charge in [-0.3, -0.25) is 14.4 Å². The molecule has 450 valence electrons. The first-order valence-electron chi connectivity index (χ1n) is 26.6. The quantitative estimate of drug-likeness (QED) is 0.0525. The highest BCUT2D eigenvalue weighted by molar-refractivity contribution is 8.51. The van der Waals surface area contributed by atoms with E-state index >= 15 is 0 Å². The van der Waals surface area contributed by atoms with Gasteiger partial charge in [-0.2, -0.15) is 0 Å². The highest BCUT2D eigenvalue weighted by atomic mass is 35.5. The summed E-state index contributed by atoms with van der Waals surface area (Å²) in [6.07, 6.45) is 17.0. The molecule has 0 spiro atoms. The number of hydrogen-bond donors (Lipinski definition) is 0. The van der Waals surface area contributed by atoms with Crippen molar-refractivity contribution in [3.63, 3.8) is 0 Å². The molecular formula is C61H105Cl2NO7S4Si4. The first-order chi connectivity index (χ1) is 35.4. The van der Waals surface area contributed by atoms with Gasteiger partial charge in [-0.25, -0.2) is 5.06 Å². The number of nitrogens with zero attached hydrogens (tertiary/aromatic N) is 1. The van der Waals surface area contributed by atoms with Crippen LogP contribution in [0, 0.1) is 35.0 Å². The molecule has 0 aliphatic rings. The van der Waals surface area contributed by atoms with Crippen molar-refractivity contribution in [2.75, 3.05) is 40.6 Å². The average molecular weight is 1280 g/mol. The summed E-state index contributed by atoms with van der Waals surface area (Å²) in [6, 6.07) is 15.7. The van der Waals surface area contributed by atoms with Crippen molar-refractivity contribution < 1.29 is 32.1 Å². The van der Waals surface area contributed by atoms with Gasteiger partial charge >= 0.3 is 0 Å². The number of halogens is 2. The van der Waals surface area contributed by atoms with Gasteiger partial charge in [0.05, 0.1) is 7.11 Å². The normalized spacial score (nSPS) is 12.7. The third kappa shape index (κ3) is 31.1. The Labute approximate surface area is 513 Å². The predicted molar refractivity (Wildman–Crippen MR) is 366 cm³/mol. The lowest BCUT2D eigenvalue weighted by molar-refractivity contribution is -0.165. The number of rotatable bonds is 21. The van der Waals surface area contributed by atoms with Gasteiger partial charge in [0.1, 0.15) is 0 Å². The maximum absolute atomic E-state index is 11.6. The van der Waals surface area contributed by atoms with E-state index in [1.54, 1.807) is 7.05 Å². The Morgan fingerprint density at radius 3 is 1.10 bits per heavy atom. The Morgan fingerprint density at radius 2 is 0.886 bits per heavy atom. The zero-order chi connectivity index (χ0) is 61.3. The summed E-state index contributed by atoms with van der Waals surface area (Å²) in [5.41, 5.74) is 1.36. The Morgan fingerprint density at radius 1 is 0.595 bits per heavy atom. The summed E-state index contributed by atoms with van der Waals surface area (Å²) in [6.45, 7) is 50.6. The fourth-order valence-corrected chi connectivity index (χ4v) is 10.5. The molecule has 0 aliphatic heterocycles. The first kappa shape index (κ1) is 81.5. The number of amides is 1. The van der Waals surface area contributed by atoms with Crippen molar-refractivity contribution in [3.8, 4) is 24.2 Å². The number of benzene rings is 2.